The Hall–Kier alpha value is -1.98. The van der Waals surface area contributed by atoms with Crippen molar-refractivity contribution in [1.82, 2.24) is 0 Å². The van der Waals surface area contributed by atoms with Crippen LogP contribution in [0.2, 0.25) is 0 Å². The Morgan fingerprint density at radius 2 is 1.57 bits per heavy atom. The Bertz CT molecular complexity index is 891. The maximum Gasteiger partial charge on any atom is 0.316 e. The minimum absolute atomic E-state index is 0.0901. The molecule has 0 aromatic heterocycles. The summed E-state index contributed by atoms with van der Waals surface area (Å²) >= 11 is 0. The summed E-state index contributed by atoms with van der Waals surface area (Å²) in [4.78, 5) is 26.5. The monoisotopic (exact) mass is 412 g/mol. The molecular formula is C25H32O5. The van der Waals surface area contributed by atoms with Crippen LogP contribution in [0.1, 0.15) is 55.9 Å². The van der Waals surface area contributed by atoms with E-state index >= 15 is 0 Å². The molecule has 0 radical (unpaired) electrons. The van der Waals surface area contributed by atoms with Crippen molar-refractivity contribution in [3.05, 3.63) is 40.1 Å². The highest BCUT2D eigenvalue weighted by molar-refractivity contribution is 6.26. The van der Waals surface area contributed by atoms with Crippen LogP contribution in [0.3, 0.4) is 0 Å². The van der Waals surface area contributed by atoms with E-state index in [1.807, 2.05) is 34.6 Å². The van der Waals surface area contributed by atoms with Gasteiger partial charge in [-0.2, -0.15) is 0 Å². The Morgan fingerprint density at radius 1 is 1.00 bits per heavy atom. The third kappa shape index (κ3) is 3.63. The van der Waals surface area contributed by atoms with Gasteiger partial charge in [-0.15, -0.1) is 0 Å². The summed E-state index contributed by atoms with van der Waals surface area (Å²) in [7, 11) is 0. The fourth-order valence-electron chi connectivity index (χ4n) is 5.22. The van der Waals surface area contributed by atoms with Gasteiger partial charge in [-0.25, -0.2) is 0 Å². The second-order valence-electron chi connectivity index (χ2n) is 10.1. The molecule has 0 spiro atoms. The summed E-state index contributed by atoms with van der Waals surface area (Å²) in [6, 6.07) is 4.17. The molecule has 1 aromatic rings. The second-order valence-corrected chi connectivity index (χ2v) is 10.1. The highest BCUT2D eigenvalue weighted by Gasteiger charge is 2.53. The number of carbonyl (C=O) groups excluding carboxylic acids is 2. The molecule has 5 nitrogen and oxygen atoms in total. The maximum absolute atomic E-state index is 13.6. The van der Waals surface area contributed by atoms with E-state index in [1.54, 1.807) is 0 Å². The van der Waals surface area contributed by atoms with Crippen molar-refractivity contribution in [2.75, 3.05) is 13.2 Å². The molecule has 5 heteroatoms. The Balaban J connectivity index is 1.78. The van der Waals surface area contributed by atoms with E-state index in [2.05, 4.69) is 19.1 Å². The first-order valence-corrected chi connectivity index (χ1v) is 10.9. The van der Waals surface area contributed by atoms with Crippen LogP contribution < -0.4 is 0 Å². The Kier molecular flexibility index (Phi) is 5.39. The summed E-state index contributed by atoms with van der Waals surface area (Å²) in [5.41, 5.74) is 4.11. The molecule has 162 valence electrons. The molecule has 3 aliphatic rings. The normalized spacial score (nSPS) is 27.1. The number of carbonyl (C=O) groups is 2. The molecule has 1 heterocycles. The number of aryl methyl sites for hydroxylation is 3. The first-order valence-electron chi connectivity index (χ1n) is 10.9. The van der Waals surface area contributed by atoms with Crippen molar-refractivity contribution in [2.45, 2.75) is 60.7 Å². The highest BCUT2D eigenvalue weighted by atomic mass is 16.7. The molecule has 2 fully saturated rings. The third-order valence-electron chi connectivity index (χ3n) is 6.54. The quantitative estimate of drug-likeness (QED) is 0.684. The largest absolute Gasteiger partial charge is 0.430 e. The van der Waals surface area contributed by atoms with Crippen molar-refractivity contribution in [1.29, 1.82) is 0 Å². The van der Waals surface area contributed by atoms with E-state index in [9.17, 15) is 9.59 Å². The minimum atomic E-state index is -0.647. The van der Waals surface area contributed by atoms with Crippen molar-refractivity contribution in [2.24, 2.45) is 23.2 Å². The zero-order valence-corrected chi connectivity index (χ0v) is 18.8. The smallest absolute Gasteiger partial charge is 0.316 e. The molecule has 3 atom stereocenters. The fraction of sp³-hybridized carbons (Fsp3) is 0.600. The highest BCUT2D eigenvalue weighted by Crippen LogP contribution is 2.53. The number of rotatable bonds is 3. The van der Waals surface area contributed by atoms with Gasteiger partial charge in [0.2, 0.25) is 0 Å². The summed E-state index contributed by atoms with van der Waals surface area (Å²) in [5, 5.41) is 0. The molecular weight excluding hydrogens is 380 g/mol. The lowest BCUT2D eigenvalue weighted by Crippen LogP contribution is -2.25. The van der Waals surface area contributed by atoms with Gasteiger partial charge in [0.15, 0.2) is 12.1 Å². The number of benzene rings is 1. The van der Waals surface area contributed by atoms with E-state index in [1.165, 1.54) is 0 Å². The van der Waals surface area contributed by atoms with E-state index in [0.29, 0.717) is 31.0 Å². The van der Waals surface area contributed by atoms with Crippen molar-refractivity contribution in [3.63, 3.8) is 0 Å². The van der Waals surface area contributed by atoms with Crippen LogP contribution in [0.15, 0.2) is 17.9 Å². The van der Waals surface area contributed by atoms with E-state index < -0.39 is 5.41 Å². The molecule has 0 N–H and O–H groups in total. The van der Waals surface area contributed by atoms with Gasteiger partial charge >= 0.3 is 5.97 Å². The lowest BCUT2D eigenvalue weighted by molar-refractivity contribution is -0.149. The van der Waals surface area contributed by atoms with Crippen LogP contribution in [0, 0.1) is 43.9 Å². The number of fused-ring (bicyclic) bond motifs is 1. The summed E-state index contributed by atoms with van der Waals surface area (Å²) in [6.07, 6.45) is 1.19. The average molecular weight is 413 g/mol. The van der Waals surface area contributed by atoms with Crippen LogP contribution in [-0.4, -0.2) is 31.3 Å². The lowest BCUT2D eigenvalue weighted by atomic mass is 9.89. The van der Waals surface area contributed by atoms with Crippen LogP contribution >= 0.6 is 0 Å². The predicted molar refractivity (Wildman–Crippen MR) is 114 cm³/mol. The molecule has 0 bridgehead atoms. The summed E-state index contributed by atoms with van der Waals surface area (Å²) < 4.78 is 17.4. The number of ketones is 1. The van der Waals surface area contributed by atoms with Gasteiger partial charge in [0.25, 0.3) is 0 Å². The summed E-state index contributed by atoms with van der Waals surface area (Å²) in [5.74, 6) is 0.212. The molecule has 0 amide bonds. The van der Waals surface area contributed by atoms with Crippen molar-refractivity contribution >= 4 is 17.3 Å². The molecule has 4 rings (SSSR count). The third-order valence-corrected chi connectivity index (χ3v) is 6.54. The van der Waals surface area contributed by atoms with E-state index in [0.717, 1.165) is 28.7 Å². The van der Waals surface area contributed by atoms with Gasteiger partial charge in [0.05, 0.1) is 24.2 Å². The molecule has 2 aliphatic carbocycles. The standard InChI is InChI=1S/C25H32O5/c1-13-9-14(2)19(15(3)10-13)20-21(26)17-11-16(23-28-7-8-29-23)12-18(17)22(20)30-24(27)25(4,5)6/h9-10,16-18,23H,7-8,11-12H2,1-6H3. The fourth-order valence-corrected chi connectivity index (χ4v) is 5.22. The maximum atomic E-state index is 13.6. The number of Topliss-reactive ketones (excluding diaryl/α,β-unsaturated/α-hetero) is 1. The van der Waals surface area contributed by atoms with E-state index in [4.69, 9.17) is 14.2 Å². The molecule has 1 aromatic carbocycles. The predicted octanol–water partition coefficient (Wildman–Crippen LogP) is 4.51. The number of esters is 1. The van der Waals surface area contributed by atoms with Gasteiger partial charge in [0.1, 0.15) is 5.76 Å². The SMILES string of the molecule is Cc1cc(C)c(C2=C(OC(=O)C(C)(C)C)C3CC(C4OCCO4)CC3C2=O)c(C)c1. The first kappa shape index (κ1) is 21.3. The minimum Gasteiger partial charge on any atom is -0.430 e. The van der Waals surface area contributed by atoms with Gasteiger partial charge in [0, 0.05) is 17.8 Å². The van der Waals surface area contributed by atoms with Crippen molar-refractivity contribution in [3.8, 4) is 0 Å². The molecule has 3 unspecified atom stereocenters. The summed E-state index contributed by atoms with van der Waals surface area (Å²) in [6.45, 7) is 12.8. The van der Waals surface area contributed by atoms with Crippen molar-refractivity contribution < 1.29 is 23.8 Å². The zero-order valence-electron chi connectivity index (χ0n) is 18.8. The van der Waals surface area contributed by atoms with Crippen LogP contribution in [0.4, 0.5) is 0 Å². The number of ether oxygens (including phenoxy) is 3. The van der Waals surface area contributed by atoms with Crippen LogP contribution in [0.25, 0.3) is 5.57 Å². The number of hydrogen-bond donors (Lipinski definition) is 0. The number of allylic oxidation sites excluding steroid dienone is 2. The topological polar surface area (TPSA) is 61.8 Å². The van der Waals surface area contributed by atoms with Gasteiger partial charge in [-0.3, -0.25) is 9.59 Å². The zero-order chi connectivity index (χ0) is 21.8. The average Bonchev–Trinajstić information content (AvgIpc) is 3.34. The van der Waals surface area contributed by atoms with Gasteiger partial charge < -0.3 is 14.2 Å². The Labute approximate surface area is 178 Å². The molecule has 1 saturated carbocycles. The van der Waals surface area contributed by atoms with Gasteiger partial charge in [-0.05, 0) is 71.1 Å². The first-order chi connectivity index (χ1) is 14.1. The van der Waals surface area contributed by atoms with Gasteiger partial charge in [-0.1, -0.05) is 17.7 Å². The van der Waals surface area contributed by atoms with Crippen LogP contribution in [0.5, 0.6) is 0 Å². The molecule has 1 saturated heterocycles. The lowest BCUT2D eigenvalue weighted by Gasteiger charge is -2.22. The molecule has 1 aliphatic heterocycles. The second kappa shape index (κ2) is 7.61. The van der Waals surface area contributed by atoms with E-state index in [-0.39, 0.29) is 35.8 Å². The molecule has 30 heavy (non-hydrogen) atoms. The number of hydrogen-bond acceptors (Lipinski definition) is 5. The van der Waals surface area contributed by atoms with Crippen LogP contribution in [-0.2, 0) is 23.8 Å². The Morgan fingerprint density at radius 3 is 2.13 bits per heavy atom.